The molecule has 2 heterocycles. The third-order valence-corrected chi connectivity index (χ3v) is 6.23. The highest BCUT2D eigenvalue weighted by atomic mass is 35.5. The first-order valence-corrected chi connectivity index (χ1v) is 10.9. The molecule has 1 aromatic heterocycles. The van der Waals surface area contributed by atoms with Gasteiger partial charge in [0.15, 0.2) is 11.0 Å². The first kappa shape index (κ1) is 21.5. The SMILES string of the molecule is CCOC[C@@H]1CCCN(C[C@H]2CCCC[C@@H]2NC(=O)c2ccnc(Cl)c2F)C1. The zero-order chi connectivity index (χ0) is 19.9. The lowest BCUT2D eigenvalue weighted by molar-refractivity contribution is 0.0547. The quantitative estimate of drug-likeness (QED) is 0.691. The fourth-order valence-corrected chi connectivity index (χ4v) is 4.68. The number of amides is 1. The number of carbonyl (C=O) groups excluding carboxylic acids is 1. The van der Waals surface area contributed by atoms with Gasteiger partial charge in [-0.15, -0.1) is 0 Å². The van der Waals surface area contributed by atoms with Crippen molar-refractivity contribution in [2.24, 2.45) is 11.8 Å². The van der Waals surface area contributed by atoms with Crippen molar-refractivity contribution in [3.05, 3.63) is 28.8 Å². The standard InChI is InChI=1S/C21H31ClFN3O2/c1-2-28-14-15-6-5-11-26(12-15)13-16-7-3-4-8-18(16)25-21(27)17-9-10-24-20(22)19(17)23/h9-10,15-16,18H,2-8,11-14H2,1H3,(H,25,27)/t15-,16-,18+/m1/s1. The summed E-state index contributed by atoms with van der Waals surface area (Å²) in [5.74, 6) is -0.155. The molecular weight excluding hydrogens is 381 g/mol. The van der Waals surface area contributed by atoms with Crippen molar-refractivity contribution < 1.29 is 13.9 Å². The van der Waals surface area contributed by atoms with E-state index in [2.05, 4.69) is 15.2 Å². The summed E-state index contributed by atoms with van der Waals surface area (Å²) in [6.07, 6.45) is 8.09. The minimum atomic E-state index is -0.746. The van der Waals surface area contributed by atoms with E-state index in [0.29, 0.717) is 11.8 Å². The van der Waals surface area contributed by atoms with Gasteiger partial charge in [-0.05, 0) is 57.1 Å². The van der Waals surface area contributed by atoms with Crippen molar-refractivity contribution in [1.29, 1.82) is 0 Å². The molecule has 0 unspecified atom stereocenters. The van der Waals surface area contributed by atoms with Gasteiger partial charge in [0.25, 0.3) is 5.91 Å². The van der Waals surface area contributed by atoms with Crippen molar-refractivity contribution in [1.82, 2.24) is 15.2 Å². The summed E-state index contributed by atoms with van der Waals surface area (Å²) >= 11 is 5.72. The van der Waals surface area contributed by atoms with Crippen LogP contribution in [-0.2, 0) is 4.74 Å². The molecular formula is C21H31ClFN3O2. The van der Waals surface area contributed by atoms with Gasteiger partial charge in [-0.25, -0.2) is 9.37 Å². The van der Waals surface area contributed by atoms with E-state index >= 15 is 0 Å². The van der Waals surface area contributed by atoms with Crippen molar-refractivity contribution in [3.8, 4) is 0 Å². The van der Waals surface area contributed by atoms with E-state index in [4.69, 9.17) is 16.3 Å². The van der Waals surface area contributed by atoms with E-state index in [1.54, 1.807) is 0 Å². The van der Waals surface area contributed by atoms with Gasteiger partial charge in [0, 0.05) is 31.9 Å². The summed E-state index contributed by atoms with van der Waals surface area (Å²) < 4.78 is 19.8. The number of pyridine rings is 1. The van der Waals surface area contributed by atoms with Crippen LogP contribution < -0.4 is 5.32 Å². The highest BCUT2D eigenvalue weighted by Gasteiger charge is 2.31. The van der Waals surface area contributed by atoms with Gasteiger partial charge in [0.2, 0.25) is 0 Å². The molecule has 1 N–H and O–H groups in total. The molecule has 1 aliphatic heterocycles. The van der Waals surface area contributed by atoms with Gasteiger partial charge in [0.1, 0.15) is 0 Å². The third kappa shape index (κ3) is 5.65. The Balaban J connectivity index is 1.59. The van der Waals surface area contributed by atoms with E-state index in [1.165, 1.54) is 31.5 Å². The van der Waals surface area contributed by atoms with Crippen LogP contribution in [0, 0.1) is 17.7 Å². The molecule has 5 nitrogen and oxygen atoms in total. The average molecular weight is 412 g/mol. The maximum absolute atomic E-state index is 14.1. The van der Waals surface area contributed by atoms with Crippen molar-refractivity contribution in [2.45, 2.75) is 51.5 Å². The Bertz CT molecular complexity index is 661. The Hall–Kier alpha value is -1.24. The Labute approximate surface area is 172 Å². The highest BCUT2D eigenvalue weighted by molar-refractivity contribution is 6.29. The Kier molecular flexibility index (Phi) is 8.06. The molecule has 1 aromatic rings. The second-order valence-electron chi connectivity index (χ2n) is 8.02. The molecule has 0 radical (unpaired) electrons. The lowest BCUT2D eigenvalue weighted by atomic mass is 9.83. The molecule has 28 heavy (non-hydrogen) atoms. The van der Waals surface area contributed by atoms with Crippen molar-refractivity contribution in [3.63, 3.8) is 0 Å². The van der Waals surface area contributed by atoms with Crippen LogP contribution in [0.3, 0.4) is 0 Å². The van der Waals surface area contributed by atoms with Gasteiger partial charge in [0.05, 0.1) is 12.2 Å². The summed E-state index contributed by atoms with van der Waals surface area (Å²) in [4.78, 5) is 18.8. The Morgan fingerprint density at radius 2 is 2.18 bits per heavy atom. The number of hydrogen-bond acceptors (Lipinski definition) is 4. The van der Waals surface area contributed by atoms with E-state index in [0.717, 1.165) is 52.1 Å². The number of aromatic nitrogens is 1. The number of nitrogens with one attached hydrogen (secondary N) is 1. The average Bonchev–Trinajstić information content (AvgIpc) is 2.70. The maximum Gasteiger partial charge on any atom is 0.254 e. The molecule has 1 saturated heterocycles. The first-order valence-electron chi connectivity index (χ1n) is 10.5. The summed E-state index contributed by atoms with van der Waals surface area (Å²) in [6.45, 7) is 6.78. The van der Waals surface area contributed by atoms with Crippen molar-refractivity contribution in [2.75, 3.05) is 32.8 Å². The predicted molar refractivity (Wildman–Crippen MR) is 108 cm³/mol. The zero-order valence-corrected chi connectivity index (χ0v) is 17.4. The molecule has 1 saturated carbocycles. The van der Waals surface area contributed by atoms with E-state index < -0.39 is 11.7 Å². The number of hydrogen-bond donors (Lipinski definition) is 1. The summed E-state index contributed by atoms with van der Waals surface area (Å²) in [5.41, 5.74) is -0.0286. The van der Waals surface area contributed by atoms with Crippen molar-refractivity contribution >= 4 is 17.5 Å². The summed E-state index contributed by atoms with van der Waals surface area (Å²) in [5, 5.41) is 2.81. The van der Waals surface area contributed by atoms with Crippen LogP contribution in [-0.4, -0.2) is 54.7 Å². The molecule has 1 amide bonds. The second kappa shape index (κ2) is 10.5. The van der Waals surface area contributed by atoms with Crippen LogP contribution in [0.25, 0.3) is 0 Å². The Morgan fingerprint density at radius 3 is 3.00 bits per heavy atom. The van der Waals surface area contributed by atoms with E-state index in [9.17, 15) is 9.18 Å². The second-order valence-corrected chi connectivity index (χ2v) is 8.37. The number of nitrogens with zero attached hydrogens (tertiary/aromatic N) is 2. The molecule has 7 heteroatoms. The van der Waals surface area contributed by atoms with Gasteiger partial charge in [-0.3, -0.25) is 4.79 Å². The number of rotatable bonds is 7. The third-order valence-electron chi connectivity index (χ3n) is 5.97. The Morgan fingerprint density at radius 1 is 1.36 bits per heavy atom. The van der Waals surface area contributed by atoms with E-state index in [1.807, 2.05) is 6.92 Å². The van der Waals surface area contributed by atoms with Crippen LogP contribution in [0.4, 0.5) is 4.39 Å². The number of likely N-dealkylation sites (tertiary alicyclic amines) is 1. The fraction of sp³-hybridized carbons (Fsp3) is 0.714. The highest BCUT2D eigenvalue weighted by Crippen LogP contribution is 2.28. The number of halogens is 2. The normalized spacial score (nSPS) is 26.2. The molecule has 2 fully saturated rings. The van der Waals surface area contributed by atoms with Crippen LogP contribution in [0.1, 0.15) is 55.8 Å². The van der Waals surface area contributed by atoms with E-state index in [-0.39, 0.29) is 16.8 Å². The number of ether oxygens (including phenoxy) is 1. The van der Waals surface area contributed by atoms with Gasteiger partial charge in [-0.2, -0.15) is 0 Å². The lowest BCUT2D eigenvalue weighted by Crippen LogP contribution is -2.48. The minimum Gasteiger partial charge on any atom is -0.381 e. The molecule has 2 aliphatic rings. The molecule has 1 aliphatic carbocycles. The molecule has 156 valence electrons. The summed E-state index contributed by atoms with van der Waals surface area (Å²) in [7, 11) is 0. The largest absolute Gasteiger partial charge is 0.381 e. The van der Waals surface area contributed by atoms with Crippen LogP contribution in [0.5, 0.6) is 0 Å². The number of carbonyl (C=O) groups is 1. The molecule has 3 atom stereocenters. The van der Waals surface area contributed by atoms with Gasteiger partial charge in [-0.1, -0.05) is 24.4 Å². The minimum absolute atomic E-state index is 0.0286. The van der Waals surface area contributed by atoms with Gasteiger partial charge < -0.3 is 15.0 Å². The molecule has 0 aromatic carbocycles. The van der Waals surface area contributed by atoms with Crippen LogP contribution in [0.15, 0.2) is 12.3 Å². The van der Waals surface area contributed by atoms with Crippen LogP contribution in [0.2, 0.25) is 5.15 Å². The fourth-order valence-electron chi connectivity index (χ4n) is 4.53. The molecule has 0 spiro atoms. The molecule has 3 rings (SSSR count). The van der Waals surface area contributed by atoms with Crippen LogP contribution >= 0.6 is 11.6 Å². The lowest BCUT2D eigenvalue weighted by Gasteiger charge is -2.39. The first-order chi connectivity index (χ1) is 13.6. The smallest absolute Gasteiger partial charge is 0.254 e. The summed E-state index contributed by atoms with van der Waals surface area (Å²) in [6, 6.07) is 1.46. The zero-order valence-electron chi connectivity index (χ0n) is 16.6. The molecule has 0 bridgehead atoms. The maximum atomic E-state index is 14.1. The topological polar surface area (TPSA) is 54.5 Å². The number of piperidine rings is 1. The predicted octanol–water partition coefficient (Wildman–Crippen LogP) is 3.91. The monoisotopic (exact) mass is 411 g/mol. The van der Waals surface area contributed by atoms with Gasteiger partial charge >= 0.3 is 0 Å².